The van der Waals surface area contributed by atoms with E-state index in [2.05, 4.69) is 79.2 Å². The molecule has 0 amide bonds. The lowest BCUT2D eigenvalue weighted by Gasteiger charge is -2.17. The monoisotopic (exact) mass is 344 g/mol. The van der Waals surface area contributed by atoms with Gasteiger partial charge in [-0.05, 0) is 30.5 Å². The molecule has 1 heterocycles. The van der Waals surface area contributed by atoms with Crippen molar-refractivity contribution in [1.29, 1.82) is 0 Å². The number of fused-ring (bicyclic) bond motifs is 1. The number of aryl methyl sites for hydroxylation is 1. The van der Waals surface area contributed by atoms with Crippen LogP contribution in [0.5, 0.6) is 5.75 Å². The van der Waals surface area contributed by atoms with Crippen LogP contribution in [0, 0.1) is 6.92 Å². The van der Waals surface area contributed by atoms with E-state index in [1.165, 1.54) is 22.3 Å². The first-order valence-corrected chi connectivity index (χ1v) is 8.34. The zero-order valence-electron chi connectivity index (χ0n) is 12.8. The molecule has 1 aliphatic heterocycles. The zero-order chi connectivity index (χ0) is 15.0. The molecule has 0 N–H and O–H groups in total. The normalized spacial score (nSPS) is 17.1. The molecule has 0 fully saturated rings. The molecular weight excluding hydrogens is 324 g/mol. The molecule has 2 heteroatoms. The first kappa shape index (κ1) is 14.6. The minimum Gasteiger partial charge on any atom is -0.492 e. The first-order valence-electron chi connectivity index (χ1n) is 7.42. The van der Waals surface area contributed by atoms with Crippen molar-refractivity contribution in [3.8, 4) is 5.75 Å². The topological polar surface area (TPSA) is 9.23 Å². The van der Waals surface area contributed by atoms with E-state index in [0.29, 0.717) is 4.83 Å². The molecule has 1 aliphatic rings. The Hall–Kier alpha value is -1.28. The summed E-state index contributed by atoms with van der Waals surface area (Å²) >= 11 is 3.85. The van der Waals surface area contributed by atoms with E-state index < -0.39 is 0 Å². The van der Waals surface area contributed by atoms with Gasteiger partial charge >= 0.3 is 0 Å². The highest BCUT2D eigenvalue weighted by atomic mass is 79.9. The van der Waals surface area contributed by atoms with Crippen LogP contribution < -0.4 is 4.74 Å². The number of benzene rings is 2. The Morgan fingerprint density at radius 1 is 1.19 bits per heavy atom. The first-order chi connectivity index (χ1) is 9.95. The molecule has 0 saturated carbocycles. The standard InChI is InChI=1S/C19H21BrO/c1-13-5-4-6-14(9-13)10-17(20)15-7-8-18-16(11-15)19(2,3)12-21-18/h4-9,11,17H,10,12H2,1-3H3. The highest BCUT2D eigenvalue weighted by molar-refractivity contribution is 9.09. The molecule has 1 unspecified atom stereocenters. The Balaban J connectivity index is 1.84. The molecule has 0 saturated heterocycles. The smallest absolute Gasteiger partial charge is 0.123 e. The highest BCUT2D eigenvalue weighted by Crippen LogP contribution is 2.41. The Labute approximate surface area is 135 Å². The van der Waals surface area contributed by atoms with Crippen molar-refractivity contribution in [2.24, 2.45) is 0 Å². The van der Waals surface area contributed by atoms with E-state index in [0.717, 1.165) is 18.8 Å². The van der Waals surface area contributed by atoms with E-state index in [1.807, 2.05) is 0 Å². The summed E-state index contributed by atoms with van der Waals surface area (Å²) in [7, 11) is 0. The summed E-state index contributed by atoms with van der Waals surface area (Å²) in [6.07, 6.45) is 1.00. The van der Waals surface area contributed by atoms with Gasteiger partial charge in [-0.2, -0.15) is 0 Å². The number of hydrogen-bond acceptors (Lipinski definition) is 1. The van der Waals surface area contributed by atoms with Crippen LogP contribution in [0.2, 0.25) is 0 Å². The average molecular weight is 345 g/mol. The molecule has 0 radical (unpaired) electrons. The van der Waals surface area contributed by atoms with Crippen LogP contribution in [0.3, 0.4) is 0 Å². The van der Waals surface area contributed by atoms with E-state index >= 15 is 0 Å². The van der Waals surface area contributed by atoms with Gasteiger partial charge in [0.15, 0.2) is 0 Å². The van der Waals surface area contributed by atoms with Crippen LogP contribution in [-0.4, -0.2) is 6.61 Å². The van der Waals surface area contributed by atoms with Crippen LogP contribution in [-0.2, 0) is 11.8 Å². The van der Waals surface area contributed by atoms with Gasteiger partial charge in [0.2, 0.25) is 0 Å². The van der Waals surface area contributed by atoms with Crippen LogP contribution in [0.4, 0.5) is 0 Å². The molecule has 0 aliphatic carbocycles. The predicted octanol–water partition coefficient (Wildman–Crippen LogP) is 5.34. The summed E-state index contributed by atoms with van der Waals surface area (Å²) < 4.78 is 5.77. The lowest BCUT2D eigenvalue weighted by molar-refractivity contribution is 0.291. The third kappa shape index (κ3) is 3.01. The SMILES string of the molecule is Cc1cccc(CC(Br)c2ccc3c(c2)C(C)(C)CO3)c1. The number of ether oxygens (including phenoxy) is 1. The third-order valence-electron chi connectivity index (χ3n) is 4.18. The van der Waals surface area contributed by atoms with Gasteiger partial charge in [-0.1, -0.05) is 71.7 Å². The van der Waals surface area contributed by atoms with Gasteiger partial charge in [-0.15, -0.1) is 0 Å². The van der Waals surface area contributed by atoms with Gasteiger partial charge in [-0.3, -0.25) is 0 Å². The van der Waals surface area contributed by atoms with Gasteiger partial charge in [0, 0.05) is 15.8 Å². The maximum absolute atomic E-state index is 5.77. The van der Waals surface area contributed by atoms with Gasteiger partial charge in [0.1, 0.15) is 5.75 Å². The quantitative estimate of drug-likeness (QED) is 0.682. The van der Waals surface area contributed by atoms with Crippen molar-refractivity contribution in [2.75, 3.05) is 6.61 Å². The largest absolute Gasteiger partial charge is 0.492 e. The molecule has 2 aromatic rings. The molecule has 0 bridgehead atoms. The van der Waals surface area contributed by atoms with E-state index in [9.17, 15) is 0 Å². The van der Waals surface area contributed by atoms with Crippen molar-refractivity contribution >= 4 is 15.9 Å². The maximum Gasteiger partial charge on any atom is 0.123 e. The summed E-state index contributed by atoms with van der Waals surface area (Å²) in [6, 6.07) is 15.3. The van der Waals surface area contributed by atoms with E-state index in [-0.39, 0.29) is 5.41 Å². The molecule has 0 aromatic heterocycles. The fourth-order valence-corrected chi connectivity index (χ4v) is 3.56. The number of alkyl halides is 1. The minimum atomic E-state index is 0.112. The molecule has 1 nitrogen and oxygen atoms in total. The molecule has 21 heavy (non-hydrogen) atoms. The third-order valence-corrected chi connectivity index (χ3v) is 5.03. The van der Waals surface area contributed by atoms with Crippen LogP contribution in [0.1, 0.15) is 40.9 Å². The van der Waals surface area contributed by atoms with Crippen LogP contribution in [0.15, 0.2) is 42.5 Å². The Morgan fingerprint density at radius 2 is 2.00 bits per heavy atom. The van der Waals surface area contributed by atoms with Gasteiger partial charge in [-0.25, -0.2) is 0 Å². The number of hydrogen-bond donors (Lipinski definition) is 0. The van der Waals surface area contributed by atoms with Crippen LogP contribution >= 0.6 is 15.9 Å². The zero-order valence-corrected chi connectivity index (χ0v) is 14.4. The predicted molar refractivity (Wildman–Crippen MR) is 91.5 cm³/mol. The summed E-state index contributed by atoms with van der Waals surface area (Å²) in [5, 5.41) is 0. The molecule has 0 spiro atoms. The summed E-state index contributed by atoms with van der Waals surface area (Å²) in [4.78, 5) is 0.334. The Kier molecular flexibility index (Phi) is 3.83. The lowest BCUT2D eigenvalue weighted by atomic mass is 9.85. The second kappa shape index (κ2) is 5.49. The van der Waals surface area contributed by atoms with Gasteiger partial charge < -0.3 is 4.74 Å². The summed E-state index contributed by atoms with van der Waals surface area (Å²) in [5.74, 6) is 1.04. The van der Waals surface area contributed by atoms with Crippen molar-refractivity contribution in [2.45, 2.75) is 37.4 Å². The van der Waals surface area contributed by atoms with Crippen molar-refractivity contribution in [3.05, 3.63) is 64.7 Å². The van der Waals surface area contributed by atoms with Gasteiger partial charge in [0.05, 0.1) is 6.61 Å². The second-order valence-corrected chi connectivity index (χ2v) is 7.69. The fraction of sp³-hybridized carbons (Fsp3) is 0.368. The van der Waals surface area contributed by atoms with E-state index in [4.69, 9.17) is 4.74 Å². The van der Waals surface area contributed by atoms with Gasteiger partial charge in [0.25, 0.3) is 0 Å². The number of halogens is 1. The molecule has 1 atom stereocenters. The summed E-state index contributed by atoms with van der Waals surface area (Å²) in [5.41, 5.74) is 5.45. The minimum absolute atomic E-state index is 0.112. The Bertz CT molecular complexity index is 660. The van der Waals surface area contributed by atoms with E-state index in [1.54, 1.807) is 0 Å². The summed E-state index contributed by atoms with van der Waals surface area (Å²) in [6.45, 7) is 7.40. The highest BCUT2D eigenvalue weighted by Gasteiger charge is 2.32. The molecule has 3 rings (SSSR count). The lowest BCUT2D eigenvalue weighted by Crippen LogP contribution is -2.18. The number of rotatable bonds is 3. The van der Waals surface area contributed by atoms with Crippen molar-refractivity contribution in [1.82, 2.24) is 0 Å². The Morgan fingerprint density at radius 3 is 2.76 bits per heavy atom. The maximum atomic E-state index is 5.77. The fourth-order valence-electron chi connectivity index (χ4n) is 2.90. The molecular formula is C19H21BrO. The van der Waals surface area contributed by atoms with Crippen molar-refractivity contribution < 1.29 is 4.74 Å². The molecule has 110 valence electrons. The van der Waals surface area contributed by atoms with Crippen LogP contribution in [0.25, 0.3) is 0 Å². The average Bonchev–Trinajstić information content (AvgIpc) is 2.74. The second-order valence-electron chi connectivity index (χ2n) is 6.59. The molecule has 2 aromatic carbocycles. The van der Waals surface area contributed by atoms with Crippen molar-refractivity contribution in [3.63, 3.8) is 0 Å².